The normalized spacial score (nSPS) is 14.2. The van der Waals surface area contributed by atoms with Gasteiger partial charge in [0, 0.05) is 18.6 Å². The lowest BCUT2D eigenvalue weighted by molar-refractivity contribution is -0.123. The minimum absolute atomic E-state index is 0.0507. The van der Waals surface area contributed by atoms with E-state index < -0.39 is 0 Å². The molecule has 116 valence electrons. The summed E-state index contributed by atoms with van der Waals surface area (Å²) in [5.74, 6) is 0.704. The number of rotatable bonds is 9. The summed E-state index contributed by atoms with van der Waals surface area (Å²) >= 11 is 0. The van der Waals surface area contributed by atoms with Crippen molar-refractivity contribution in [2.24, 2.45) is 0 Å². The molecule has 1 fully saturated rings. The Morgan fingerprint density at radius 3 is 2.76 bits per heavy atom. The van der Waals surface area contributed by atoms with Crippen LogP contribution in [0.1, 0.15) is 45.1 Å². The SMILES string of the molecule is CCC(CC)NC(=O)COc1cccc(CNC2CC2)c1. The Morgan fingerprint density at radius 2 is 2.10 bits per heavy atom. The molecule has 0 saturated heterocycles. The number of hydrogen-bond donors (Lipinski definition) is 2. The molecule has 0 heterocycles. The Kier molecular flexibility index (Phi) is 6.05. The molecule has 0 radical (unpaired) electrons. The Hall–Kier alpha value is -1.55. The number of amides is 1. The molecule has 2 N–H and O–H groups in total. The molecule has 4 heteroatoms. The molecule has 4 nitrogen and oxygen atoms in total. The van der Waals surface area contributed by atoms with E-state index in [-0.39, 0.29) is 18.6 Å². The van der Waals surface area contributed by atoms with Crippen LogP contribution in [0, 0.1) is 0 Å². The molecule has 1 aliphatic carbocycles. The molecule has 0 atom stereocenters. The van der Waals surface area contributed by atoms with Crippen LogP contribution in [-0.2, 0) is 11.3 Å². The third kappa shape index (κ3) is 5.76. The van der Waals surface area contributed by atoms with Crippen LogP contribution < -0.4 is 15.4 Å². The highest BCUT2D eigenvalue weighted by Gasteiger charge is 2.19. The van der Waals surface area contributed by atoms with E-state index in [1.807, 2.05) is 18.2 Å². The van der Waals surface area contributed by atoms with Gasteiger partial charge in [0.15, 0.2) is 6.61 Å². The Bertz CT molecular complexity index is 454. The van der Waals surface area contributed by atoms with E-state index >= 15 is 0 Å². The lowest BCUT2D eigenvalue weighted by Crippen LogP contribution is -2.37. The van der Waals surface area contributed by atoms with E-state index in [9.17, 15) is 4.79 Å². The van der Waals surface area contributed by atoms with Gasteiger partial charge < -0.3 is 15.4 Å². The zero-order valence-corrected chi connectivity index (χ0v) is 13.0. The Balaban J connectivity index is 1.76. The summed E-state index contributed by atoms with van der Waals surface area (Å²) in [6, 6.07) is 8.88. The van der Waals surface area contributed by atoms with Gasteiger partial charge in [-0.25, -0.2) is 0 Å². The topological polar surface area (TPSA) is 50.4 Å². The molecule has 0 bridgehead atoms. The Labute approximate surface area is 127 Å². The molecule has 0 aromatic heterocycles. The summed E-state index contributed by atoms with van der Waals surface area (Å²) < 4.78 is 5.58. The first-order valence-electron chi connectivity index (χ1n) is 7.95. The maximum Gasteiger partial charge on any atom is 0.258 e. The van der Waals surface area contributed by atoms with Gasteiger partial charge in [0.1, 0.15) is 5.75 Å². The van der Waals surface area contributed by atoms with Crippen molar-refractivity contribution in [1.29, 1.82) is 0 Å². The average molecular weight is 290 g/mol. The zero-order chi connectivity index (χ0) is 15.1. The summed E-state index contributed by atoms with van der Waals surface area (Å²) in [5, 5.41) is 6.44. The average Bonchev–Trinajstić information content (AvgIpc) is 3.33. The minimum Gasteiger partial charge on any atom is -0.484 e. The molecule has 2 rings (SSSR count). The van der Waals surface area contributed by atoms with Crippen LogP contribution in [0.4, 0.5) is 0 Å². The first kappa shape index (κ1) is 15.8. The first-order chi connectivity index (χ1) is 10.2. The fourth-order valence-corrected chi connectivity index (χ4v) is 2.21. The highest BCUT2D eigenvalue weighted by atomic mass is 16.5. The monoisotopic (exact) mass is 290 g/mol. The summed E-state index contributed by atoms with van der Waals surface area (Å²) in [5.41, 5.74) is 1.19. The molecule has 0 spiro atoms. The van der Waals surface area contributed by atoms with Crippen molar-refractivity contribution in [3.8, 4) is 5.75 Å². The van der Waals surface area contributed by atoms with E-state index in [1.54, 1.807) is 0 Å². The van der Waals surface area contributed by atoms with Gasteiger partial charge in [-0.1, -0.05) is 26.0 Å². The predicted molar refractivity (Wildman–Crippen MR) is 84.3 cm³/mol. The first-order valence-corrected chi connectivity index (χ1v) is 7.95. The summed E-state index contributed by atoms with van der Waals surface area (Å²) in [6.07, 6.45) is 4.47. The van der Waals surface area contributed by atoms with Gasteiger partial charge in [-0.2, -0.15) is 0 Å². The van der Waals surface area contributed by atoms with Crippen LogP contribution in [-0.4, -0.2) is 24.6 Å². The van der Waals surface area contributed by atoms with Crippen molar-refractivity contribution in [3.63, 3.8) is 0 Å². The van der Waals surface area contributed by atoms with Crippen molar-refractivity contribution in [2.75, 3.05) is 6.61 Å². The van der Waals surface area contributed by atoms with Gasteiger partial charge in [0.25, 0.3) is 5.91 Å². The number of carbonyl (C=O) groups excluding carboxylic acids is 1. The van der Waals surface area contributed by atoms with Crippen LogP contribution >= 0.6 is 0 Å². The van der Waals surface area contributed by atoms with Gasteiger partial charge in [-0.05, 0) is 43.4 Å². The van der Waals surface area contributed by atoms with Gasteiger partial charge in [0.05, 0.1) is 0 Å². The molecule has 21 heavy (non-hydrogen) atoms. The highest BCUT2D eigenvalue weighted by Crippen LogP contribution is 2.20. The fourth-order valence-electron chi connectivity index (χ4n) is 2.21. The van der Waals surface area contributed by atoms with Gasteiger partial charge >= 0.3 is 0 Å². The summed E-state index contributed by atoms with van der Waals surface area (Å²) in [6.45, 7) is 5.09. The van der Waals surface area contributed by atoms with Gasteiger partial charge in [-0.3, -0.25) is 4.79 Å². The maximum atomic E-state index is 11.8. The van der Waals surface area contributed by atoms with Crippen molar-refractivity contribution >= 4 is 5.91 Å². The molecule has 0 unspecified atom stereocenters. The van der Waals surface area contributed by atoms with Crippen molar-refractivity contribution in [3.05, 3.63) is 29.8 Å². The summed E-state index contributed by atoms with van der Waals surface area (Å²) in [4.78, 5) is 11.8. The number of benzene rings is 1. The molecular formula is C17H26N2O2. The van der Waals surface area contributed by atoms with E-state index in [0.29, 0.717) is 6.04 Å². The van der Waals surface area contributed by atoms with E-state index in [4.69, 9.17) is 4.74 Å². The smallest absolute Gasteiger partial charge is 0.258 e. The molecule has 1 aromatic rings. The Morgan fingerprint density at radius 1 is 1.33 bits per heavy atom. The maximum absolute atomic E-state index is 11.8. The molecule has 1 saturated carbocycles. The third-order valence-corrected chi connectivity index (χ3v) is 3.79. The van der Waals surface area contributed by atoms with E-state index in [1.165, 1.54) is 18.4 Å². The highest BCUT2D eigenvalue weighted by molar-refractivity contribution is 5.77. The lowest BCUT2D eigenvalue weighted by Gasteiger charge is -2.15. The molecule has 0 aliphatic heterocycles. The molecule has 1 aromatic carbocycles. The largest absolute Gasteiger partial charge is 0.484 e. The third-order valence-electron chi connectivity index (χ3n) is 3.79. The van der Waals surface area contributed by atoms with Gasteiger partial charge in [0.2, 0.25) is 0 Å². The van der Waals surface area contributed by atoms with Crippen LogP contribution in [0.5, 0.6) is 5.75 Å². The molecule has 1 amide bonds. The predicted octanol–water partition coefficient (Wildman–Crippen LogP) is 2.62. The van der Waals surface area contributed by atoms with Crippen LogP contribution in [0.15, 0.2) is 24.3 Å². The van der Waals surface area contributed by atoms with E-state index in [0.717, 1.165) is 25.1 Å². The minimum atomic E-state index is -0.0507. The van der Waals surface area contributed by atoms with Crippen LogP contribution in [0.3, 0.4) is 0 Å². The van der Waals surface area contributed by atoms with Crippen molar-refractivity contribution in [2.45, 2.75) is 58.2 Å². The number of hydrogen-bond acceptors (Lipinski definition) is 3. The second kappa shape index (κ2) is 8.03. The quantitative estimate of drug-likeness (QED) is 0.735. The number of nitrogens with one attached hydrogen (secondary N) is 2. The fraction of sp³-hybridized carbons (Fsp3) is 0.588. The van der Waals surface area contributed by atoms with Crippen LogP contribution in [0.2, 0.25) is 0 Å². The van der Waals surface area contributed by atoms with Crippen molar-refractivity contribution < 1.29 is 9.53 Å². The zero-order valence-electron chi connectivity index (χ0n) is 13.0. The number of ether oxygens (including phenoxy) is 1. The van der Waals surface area contributed by atoms with Crippen molar-refractivity contribution in [1.82, 2.24) is 10.6 Å². The standard InChI is InChI=1S/C17H26N2O2/c1-3-14(4-2)19-17(20)12-21-16-7-5-6-13(10-16)11-18-15-8-9-15/h5-7,10,14-15,18H,3-4,8-9,11-12H2,1-2H3,(H,19,20). The van der Waals surface area contributed by atoms with E-state index in [2.05, 4.69) is 30.5 Å². The molecule has 1 aliphatic rings. The lowest BCUT2D eigenvalue weighted by atomic mass is 10.2. The number of carbonyl (C=O) groups is 1. The van der Waals surface area contributed by atoms with Gasteiger partial charge in [-0.15, -0.1) is 0 Å². The van der Waals surface area contributed by atoms with Crippen LogP contribution in [0.25, 0.3) is 0 Å². The second-order valence-electron chi connectivity index (χ2n) is 5.67. The molecular weight excluding hydrogens is 264 g/mol. The summed E-state index contributed by atoms with van der Waals surface area (Å²) in [7, 11) is 0. The second-order valence-corrected chi connectivity index (χ2v) is 5.67.